The van der Waals surface area contributed by atoms with E-state index < -0.39 is 23.3 Å². The molecule has 1 atom stereocenters. The van der Waals surface area contributed by atoms with Gasteiger partial charge in [-0.15, -0.1) is 0 Å². The van der Waals surface area contributed by atoms with E-state index in [4.69, 9.17) is 36.1 Å². The molecule has 0 aliphatic rings. The van der Waals surface area contributed by atoms with E-state index >= 15 is 0 Å². The number of carbonyl (C=O) groups is 2. The third kappa shape index (κ3) is 12.4. The molecule has 10 nitrogen and oxygen atoms in total. The lowest BCUT2D eigenvalue weighted by Crippen LogP contribution is -2.53. The van der Waals surface area contributed by atoms with Gasteiger partial charge in [-0.25, -0.2) is 4.79 Å². The van der Waals surface area contributed by atoms with Gasteiger partial charge in [-0.1, -0.05) is 30.3 Å². The van der Waals surface area contributed by atoms with E-state index in [9.17, 15) is 9.59 Å². The van der Waals surface area contributed by atoms with Gasteiger partial charge in [0, 0.05) is 19.8 Å². The lowest BCUT2D eigenvalue weighted by atomic mass is 9.91. The Bertz CT molecular complexity index is 665. The van der Waals surface area contributed by atoms with E-state index in [1.165, 1.54) is 0 Å². The molecule has 0 aliphatic heterocycles. The molecule has 1 amide bonds. The van der Waals surface area contributed by atoms with Crippen LogP contribution in [0.25, 0.3) is 0 Å². The van der Waals surface area contributed by atoms with E-state index in [0.717, 1.165) is 5.56 Å². The average Bonchev–Trinajstić information content (AvgIpc) is 2.85. The van der Waals surface area contributed by atoms with Gasteiger partial charge >= 0.3 is 5.97 Å². The summed E-state index contributed by atoms with van der Waals surface area (Å²) in [6.07, 6.45) is 1.99. The summed E-state index contributed by atoms with van der Waals surface area (Å²) < 4.78 is 22.3. The number of ether oxygens (including phenoxy) is 4. The summed E-state index contributed by atoms with van der Waals surface area (Å²) in [7, 11) is 0. The fraction of sp³-hybridized carbons (Fsp3) is 0.667. The quantitative estimate of drug-likeness (QED) is 0.151. The highest BCUT2D eigenvalue weighted by atomic mass is 16.5. The Labute approximate surface area is 202 Å². The molecular weight excluding hydrogens is 440 g/mol. The van der Waals surface area contributed by atoms with Crippen molar-refractivity contribution in [2.75, 3.05) is 59.3 Å². The minimum Gasteiger partial charge on any atom is -0.459 e. The smallest absolute Gasteiger partial charge is 0.331 e. The van der Waals surface area contributed by atoms with Crippen LogP contribution < -0.4 is 22.5 Å². The minimum atomic E-state index is -1.03. The Morgan fingerprint density at radius 3 is 1.94 bits per heavy atom. The number of nitrogens with one attached hydrogen (secondary N) is 1. The molecule has 1 aromatic rings. The standard InChI is InChI=1S/C24H42N4O6/c1-24(18-32-14-6-11-26,19-33-15-7-12-27)23(30)28-21(17-31-13-5-10-25)22(29)34-16-20-8-3-2-4-9-20/h2-4,8-9,21H,5-7,10-19,25-27H2,1H3,(H,28,30)/t21-/m0/s1. The van der Waals surface area contributed by atoms with Crippen LogP contribution in [0.1, 0.15) is 31.7 Å². The van der Waals surface area contributed by atoms with Crippen LogP contribution in [0.4, 0.5) is 0 Å². The number of benzene rings is 1. The highest BCUT2D eigenvalue weighted by Crippen LogP contribution is 2.19. The number of nitrogens with two attached hydrogens (primary N) is 3. The van der Waals surface area contributed by atoms with Crippen molar-refractivity contribution in [2.45, 2.75) is 38.8 Å². The number of amides is 1. The maximum absolute atomic E-state index is 13.3. The van der Waals surface area contributed by atoms with Crippen molar-refractivity contribution in [3.8, 4) is 0 Å². The SMILES string of the molecule is CC(COCCCN)(COCCCN)C(=O)N[C@@H](COCCCN)C(=O)OCc1ccccc1. The lowest BCUT2D eigenvalue weighted by Gasteiger charge is -2.30. The van der Waals surface area contributed by atoms with Crippen LogP contribution >= 0.6 is 0 Å². The van der Waals surface area contributed by atoms with Gasteiger partial charge in [0.05, 0.1) is 25.2 Å². The minimum absolute atomic E-state index is 0.0303. The van der Waals surface area contributed by atoms with Gasteiger partial charge in [0.1, 0.15) is 6.61 Å². The summed E-state index contributed by atoms with van der Waals surface area (Å²) in [5.41, 5.74) is 16.4. The first-order valence-electron chi connectivity index (χ1n) is 11.8. The van der Waals surface area contributed by atoms with Crippen LogP contribution in [0.5, 0.6) is 0 Å². The van der Waals surface area contributed by atoms with Crippen molar-refractivity contribution in [1.82, 2.24) is 5.32 Å². The molecule has 194 valence electrons. The van der Waals surface area contributed by atoms with Crippen LogP contribution in [0.15, 0.2) is 30.3 Å². The number of carbonyl (C=O) groups excluding carboxylic acids is 2. The number of esters is 1. The van der Waals surface area contributed by atoms with Gasteiger partial charge in [0.15, 0.2) is 6.04 Å². The summed E-state index contributed by atoms with van der Waals surface area (Å²) in [5, 5.41) is 2.77. The molecule has 0 saturated heterocycles. The molecule has 0 fully saturated rings. The second-order valence-corrected chi connectivity index (χ2v) is 8.29. The summed E-state index contributed by atoms with van der Waals surface area (Å²) in [4.78, 5) is 26.1. The van der Waals surface area contributed by atoms with Crippen LogP contribution in [0.2, 0.25) is 0 Å². The first-order valence-corrected chi connectivity index (χ1v) is 11.8. The number of rotatable bonds is 20. The molecule has 0 bridgehead atoms. The number of hydrogen-bond acceptors (Lipinski definition) is 9. The van der Waals surface area contributed by atoms with Gasteiger partial charge in [0.2, 0.25) is 5.91 Å². The predicted octanol–water partition coefficient (Wildman–Crippen LogP) is 0.317. The van der Waals surface area contributed by atoms with Crippen LogP contribution in [0, 0.1) is 5.41 Å². The van der Waals surface area contributed by atoms with Crippen LogP contribution in [-0.4, -0.2) is 77.2 Å². The van der Waals surface area contributed by atoms with Crippen molar-refractivity contribution >= 4 is 11.9 Å². The van der Waals surface area contributed by atoms with Gasteiger partial charge in [-0.2, -0.15) is 0 Å². The zero-order valence-corrected chi connectivity index (χ0v) is 20.3. The summed E-state index contributed by atoms with van der Waals surface area (Å²) in [6.45, 7) is 4.69. The Kier molecular flexibility index (Phi) is 16.1. The molecule has 1 rings (SSSR count). The molecule has 7 N–H and O–H groups in total. The third-order valence-electron chi connectivity index (χ3n) is 4.97. The van der Waals surface area contributed by atoms with Crippen molar-refractivity contribution in [3.05, 3.63) is 35.9 Å². The van der Waals surface area contributed by atoms with E-state index in [1.807, 2.05) is 30.3 Å². The van der Waals surface area contributed by atoms with Crippen LogP contribution in [0.3, 0.4) is 0 Å². The molecule has 0 aliphatic carbocycles. The molecule has 0 heterocycles. The largest absolute Gasteiger partial charge is 0.459 e. The highest BCUT2D eigenvalue weighted by Gasteiger charge is 2.37. The van der Waals surface area contributed by atoms with Gasteiger partial charge in [-0.3, -0.25) is 4.79 Å². The van der Waals surface area contributed by atoms with Crippen LogP contribution in [-0.2, 0) is 35.1 Å². The van der Waals surface area contributed by atoms with Gasteiger partial charge in [0.25, 0.3) is 0 Å². The molecule has 0 spiro atoms. The van der Waals surface area contributed by atoms with E-state index in [2.05, 4.69) is 5.32 Å². The van der Waals surface area contributed by atoms with E-state index in [1.54, 1.807) is 6.92 Å². The van der Waals surface area contributed by atoms with Crippen molar-refractivity contribution in [3.63, 3.8) is 0 Å². The van der Waals surface area contributed by atoms with Crippen molar-refractivity contribution in [2.24, 2.45) is 22.6 Å². The zero-order chi connectivity index (χ0) is 25.1. The first kappa shape index (κ1) is 30.0. The van der Waals surface area contributed by atoms with Gasteiger partial charge in [-0.05, 0) is 51.4 Å². The van der Waals surface area contributed by atoms with E-state index in [-0.39, 0.29) is 26.4 Å². The second-order valence-electron chi connectivity index (χ2n) is 8.29. The zero-order valence-electron chi connectivity index (χ0n) is 20.3. The van der Waals surface area contributed by atoms with Crippen molar-refractivity contribution < 1.29 is 28.5 Å². The lowest BCUT2D eigenvalue weighted by molar-refractivity contribution is -0.154. The second kappa shape index (κ2) is 18.3. The fourth-order valence-electron chi connectivity index (χ4n) is 2.86. The summed E-state index contributed by atoms with van der Waals surface area (Å²) >= 11 is 0. The van der Waals surface area contributed by atoms with Crippen molar-refractivity contribution in [1.29, 1.82) is 0 Å². The third-order valence-corrected chi connectivity index (χ3v) is 4.97. The predicted molar refractivity (Wildman–Crippen MR) is 130 cm³/mol. The molecule has 34 heavy (non-hydrogen) atoms. The molecule has 1 aromatic carbocycles. The molecular formula is C24H42N4O6. The Morgan fingerprint density at radius 1 is 0.882 bits per heavy atom. The average molecular weight is 483 g/mol. The molecule has 0 unspecified atom stereocenters. The first-order chi connectivity index (χ1) is 16.5. The monoisotopic (exact) mass is 482 g/mol. The maximum atomic E-state index is 13.3. The maximum Gasteiger partial charge on any atom is 0.331 e. The molecule has 0 aromatic heterocycles. The summed E-state index contributed by atoms with van der Waals surface area (Å²) in [5.74, 6) is -0.975. The molecule has 0 radical (unpaired) electrons. The van der Waals surface area contributed by atoms with Gasteiger partial charge < -0.3 is 41.5 Å². The normalized spacial score (nSPS) is 12.4. The summed E-state index contributed by atoms with van der Waals surface area (Å²) in [6, 6.07) is 8.32. The topological polar surface area (TPSA) is 161 Å². The Morgan fingerprint density at radius 2 is 1.41 bits per heavy atom. The number of hydrogen-bond donors (Lipinski definition) is 4. The molecule has 10 heteroatoms. The fourth-order valence-corrected chi connectivity index (χ4v) is 2.86. The highest BCUT2D eigenvalue weighted by molar-refractivity contribution is 5.88. The van der Waals surface area contributed by atoms with E-state index in [0.29, 0.717) is 58.7 Å². The molecule has 0 saturated carbocycles. The Hall–Kier alpha value is -2.08. The Balaban J connectivity index is 2.82.